The molecule has 17 heavy (non-hydrogen) atoms. The number of aromatic carboxylic acids is 1. The van der Waals surface area contributed by atoms with Crippen molar-refractivity contribution in [2.75, 3.05) is 5.32 Å². The van der Waals surface area contributed by atoms with Crippen molar-refractivity contribution in [3.63, 3.8) is 0 Å². The molecule has 0 spiro atoms. The number of anilines is 1. The normalized spacial score (nSPS) is 10.2. The second-order valence-electron chi connectivity index (χ2n) is 2.94. The fourth-order valence-corrected chi connectivity index (χ4v) is 1.62. The minimum Gasteiger partial charge on any atom is -0.476 e. The number of thiazole rings is 1. The monoisotopic (exact) mass is 254 g/mol. The molecule has 0 aromatic carbocycles. The summed E-state index contributed by atoms with van der Waals surface area (Å²) in [6.45, 7) is 1.60. The molecule has 2 heterocycles. The van der Waals surface area contributed by atoms with Gasteiger partial charge in [0.05, 0.1) is 0 Å². The van der Waals surface area contributed by atoms with Gasteiger partial charge in [0.25, 0.3) is 5.91 Å². The van der Waals surface area contributed by atoms with Gasteiger partial charge in [-0.3, -0.25) is 10.1 Å². The summed E-state index contributed by atoms with van der Waals surface area (Å²) in [4.78, 5) is 29.5. The van der Waals surface area contributed by atoms with E-state index in [1.54, 1.807) is 6.92 Å². The number of aryl methyl sites for hydroxylation is 1. The highest BCUT2D eigenvalue weighted by atomic mass is 32.1. The lowest BCUT2D eigenvalue weighted by Gasteiger charge is -1.94. The molecule has 0 fully saturated rings. The summed E-state index contributed by atoms with van der Waals surface area (Å²) in [6.07, 6.45) is 0. The molecule has 88 valence electrons. The van der Waals surface area contributed by atoms with Gasteiger partial charge in [0.15, 0.2) is 5.82 Å². The number of nitrogens with one attached hydrogen (secondary N) is 1. The van der Waals surface area contributed by atoms with Crippen molar-refractivity contribution >= 4 is 29.2 Å². The highest BCUT2D eigenvalue weighted by molar-refractivity contribution is 7.11. The smallest absolute Gasteiger partial charge is 0.365 e. The van der Waals surface area contributed by atoms with E-state index in [0.29, 0.717) is 5.82 Å². The minimum atomic E-state index is -1.18. The minimum absolute atomic E-state index is 0.0109. The van der Waals surface area contributed by atoms with Crippen molar-refractivity contribution in [1.82, 2.24) is 15.1 Å². The number of hydrogen-bond donors (Lipinski definition) is 2. The third-order valence-corrected chi connectivity index (χ3v) is 2.50. The molecule has 2 N–H and O–H groups in total. The van der Waals surface area contributed by atoms with Crippen LogP contribution in [0.3, 0.4) is 0 Å². The van der Waals surface area contributed by atoms with Crippen LogP contribution in [-0.2, 0) is 0 Å². The maximum atomic E-state index is 11.6. The second kappa shape index (κ2) is 4.29. The number of carbonyl (C=O) groups excluding carboxylic acids is 1. The standard InChI is InChI=1S/C8H6N4O4S/c1-3-9-8(16-12-3)11-5(13)4-2-17-6(10-4)7(14)15/h2H,1H3,(H,14,15)(H,9,11,12,13). The van der Waals surface area contributed by atoms with Gasteiger partial charge >= 0.3 is 12.0 Å². The van der Waals surface area contributed by atoms with Gasteiger partial charge in [-0.25, -0.2) is 9.78 Å². The highest BCUT2D eigenvalue weighted by Gasteiger charge is 2.16. The first-order valence-electron chi connectivity index (χ1n) is 4.37. The Morgan fingerprint density at radius 3 is 2.76 bits per heavy atom. The van der Waals surface area contributed by atoms with Crippen LogP contribution in [0.4, 0.5) is 6.01 Å². The Balaban J connectivity index is 2.11. The van der Waals surface area contributed by atoms with Crippen LogP contribution in [0.1, 0.15) is 26.1 Å². The molecule has 2 aromatic heterocycles. The molecule has 0 aliphatic heterocycles. The number of carbonyl (C=O) groups is 2. The van der Waals surface area contributed by atoms with E-state index in [1.165, 1.54) is 5.38 Å². The Bertz CT molecular complexity index is 576. The lowest BCUT2D eigenvalue weighted by molar-refractivity contribution is 0.0696. The summed E-state index contributed by atoms with van der Waals surface area (Å²) in [7, 11) is 0. The number of aromatic nitrogens is 3. The van der Waals surface area contributed by atoms with E-state index in [0.717, 1.165) is 11.3 Å². The van der Waals surface area contributed by atoms with Gasteiger partial charge in [-0.2, -0.15) is 4.98 Å². The Morgan fingerprint density at radius 2 is 2.24 bits per heavy atom. The Labute approximate surface area is 98.3 Å². The molecular weight excluding hydrogens is 248 g/mol. The molecule has 0 unspecified atom stereocenters. The average molecular weight is 254 g/mol. The molecule has 0 saturated carbocycles. The fraction of sp³-hybridized carbons (Fsp3) is 0.125. The topological polar surface area (TPSA) is 118 Å². The van der Waals surface area contributed by atoms with Gasteiger partial charge < -0.3 is 9.63 Å². The molecule has 8 nitrogen and oxygen atoms in total. The maximum Gasteiger partial charge on any atom is 0.365 e. The molecule has 0 atom stereocenters. The van der Waals surface area contributed by atoms with Crippen LogP contribution in [0.15, 0.2) is 9.90 Å². The van der Waals surface area contributed by atoms with Crippen molar-refractivity contribution < 1.29 is 19.2 Å². The van der Waals surface area contributed by atoms with Gasteiger partial charge in [-0.15, -0.1) is 11.3 Å². The lowest BCUT2D eigenvalue weighted by atomic mass is 10.4. The van der Waals surface area contributed by atoms with E-state index in [1.807, 2.05) is 0 Å². The average Bonchev–Trinajstić information content (AvgIpc) is 2.86. The van der Waals surface area contributed by atoms with E-state index in [2.05, 4.69) is 25.0 Å². The fourth-order valence-electron chi connectivity index (χ4n) is 0.985. The molecule has 0 aliphatic rings. The van der Waals surface area contributed by atoms with Gasteiger partial charge in [-0.05, 0) is 6.92 Å². The number of rotatable bonds is 3. The maximum absolute atomic E-state index is 11.6. The van der Waals surface area contributed by atoms with Crippen molar-refractivity contribution in [2.45, 2.75) is 6.92 Å². The summed E-state index contributed by atoms with van der Waals surface area (Å²) in [5.74, 6) is -1.40. The predicted molar refractivity (Wildman–Crippen MR) is 56.1 cm³/mol. The summed E-state index contributed by atoms with van der Waals surface area (Å²) < 4.78 is 4.68. The van der Waals surface area contributed by atoms with Crippen molar-refractivity contribution in [3.05, 3.63) is 21.9 Å². The molecule has 2 aromatic rings. The predicted octanol–water partition coefficient (Wildman–Crippen LogP) is 0.785. The quantitative estimate of drug-likeness (QED) is 0.830. The molecule has 9 heteroatoms. The third kappa shape index (κ3) is 2.45. The molecule has 0 bridgehead atoms. The number of amides is 1. The summed E-state index contributed by atoms with van der Waals surface area (Å²) in [6, 6.07) is -0.0580. The Morgan fingerprint density at radius 1 is 1.47 bits per heavy atom. The molecule has 0 aliphatic carbocycles. The number of hydrogen-bond acceptors (Lipinski definition) is 7. The Kier molecular flexibility index (Phi) is 2.83. The first-order valence-corrected chi connectivity index (χ1v) is 5.24. The van der Waals surface area contributed by atoms with Gasteiger partial charge in [-0.1, -0.05) is 5.16 Å². The van der Waals surface area contributed by atoms with Crippen molar-refractivity contribution in [3.8, 4) is 0 Å². The van der Waals surface area contributed by atoms with E-state index in [4.69, 9.17) is 5.11 Å². The number of carboxylic acids is 1. The van der Waals surface area contributed by atoms with Crippen LogP contribution >= 0.6 is 11.3 Å². The third-order valence-electron chi connectivity index (χ3n) is 1.67. The first-order chi connectivity index (χ1) is 8.06. The zero-order valence-corrected chi connectivity index (χ0v) is 9.32. The molecule has 0 radical (unpaired) electrons. The molecular formula is C8H6N4O4S. The van der Waals surface area contributed by atoms with Crippen LogP contribution < -0.4 is 5.32 Å². The summed E-state index contributed by atoms with van der Waals surface area (Å²) in [5, 5.41) is 15.6. The largest absolute Gasteiger partial charge is 0.476 e. The summed E-state index contributed by atoms with van der Waals surface area (Å²) in [5.41, 5.74) is -0.0109. The second-order valence-corrected chi connectivity index (χ2v) is 3.80. The van der Waals surface area contributed by atoms with Crippen molar-refractivity contribution in [2.24, 2.45) is 0 Å². The highest BCUT2D eigenvalue weighted by Crippen LogP contribution is 2.11. The molecule has 1 amide bonds. The van der Waals surface area contributed by atoms with Gasteiger partial charge in [0.2, 0.25) is 5.01 Å². The SMILES string of the molecule is Cc1noc(NC(=O)c2csc(C(=O)O)n2)n1. The van der Waals surface area contributed by atoms with Crippen LogP contribution in [-0.4, -0.2) is 32.1 Å². The zero-order valence-electron chi connectivity index (χ0n) is 8.50. The molecule has 0 saturated heterocycles. The zero-order chi connectivity index (χ0) is 12.4. The summed E-state index contributed by atoms with van der Waals surface area (Å²) >= 11 is 0.864. The van der Waals surface area contributed by atoms with Gasteiger partial charge in [0, 0.05) is 5.38 Å². The Hall–Kier alpha value is -2.29. The van der Waals surface area contributed by atoms with E-state index < -0.39 is 11.9 Å². The van der Waals surface area contributed by atoms with Crippen LogP contribution in [0.2, 0.25) is 0 Å². The van der Waals surface area contributed by atoms with Crippen LogP contribution in [0.25, 0.3) is 0 Å². The first kappa shape index (κ1) is 11.2. The van der Waals surface area contributed by atoms with E-state index in [-0.39, 0.29) is 16.7 Å². The van der Waals surface area contributed by atoms with Crippen molar-refractivity contribution in [1.29, 1.82) is 0 Å². The van der Waals surface area contributed by atoms with E-state index in [9.17, 15) is 9.59 Å². The van der Waals surface area contributed by atoms with E-state index >= 15 is 0 Å². The number of nitrogens with zero attached hydrogens (tertiary/aromatic N) is 3. The van der Waals surface area contributed by atoms with Gasteiger partial charge in [0.1, 0.15) is 5.69 Å². The molecule has 2 rings (SSSR count). The number of carboxylic acid groups (broad SMARTS) is 1. The van der Waals surface area contributed by atoms with Crippen LogP contribution in [0, 0.1) is 6.92 Å². The lowest BCUT2D eigenvalue weighted by Crippen LogP contribution is -2.13. The van der Waals surface area contributed by atoms with Crippen LogP contribution in [0.5, 0.6) is 0 Å².